The van der Waals surface area contributed by atoms with Gasteiger partial charge in [0.2, 0.25) is 0 Å². The van der Waals surface area contributed by atoms with Crippen LogP contribution >= 0.6 is 11.8 Å². The van der Waals surface area contributed by atoms with Gasteiger partial charge in [0, 0.05) is 18.8 Å². The van der Waals surface area contributed by atoms with Crippen LogP contribution in [0.5, 0.6) is 0 Å². The van der Waals surface area contributed by atoms with Gasteiger partial charge < -0.3 is 5.32 Å². The van der Waals surface area contributed by atoms with E-state index in [0.717, 1.165) is 24.0 Å². The minimum Gasteiger partial charge on any atom is -0.365 e. The van der Waals surface area contributed by atoms with Crippen LogP contribution < -0.4 is 5.32 Å². The van der Waals surface area contributed by atoms with E-state index in [2.05, 4.69) is 57.3 Å². The predicted octanol–water partition coefficient (Wildman–Crippen LogP) is 5.98. The molecule has 0 saturated heterocycles. The lowest BCUT2D eigenvalue weighted by Gasteiger charge is -2.11. The van der Waals surface area contributed by atoms with E-state index in [1.54, 1.807) is 0 Å². The molecule has 3 heteroatoms. The summed E-state index contributed by atoms with van der Waals surface area (Å²) in [5.74, 6) is 1.64. The summed E-state index contributed by atoms with van der Waals surface area (Å²) >= 11 is 1.83. The first-order valence-electron chi connectivity index (χ1n) is 9.21. The molecule has 0 radical (unpaired) electrons. The van der Waals surface area contributed by atoms with E-state index in [9.17, 15) is 0 Å². The number of unbranched alkanes of at least 4 members (excludes halogenated alkanes) is 2. The number of hydrogen-bond donors (Lipinski definition) is 1. The molecule has 1 rings (SSSR count). The molecule has 1 atom stereocenters. The number of nitrogens with one attached hydrogen (secondary N) is 1. The number of hydrogen-bond acceptors (Lipinski definition) is 2. The Bertz CT molecular complexity index is 439. The maximum Gasteiger partial charge on any atom is 0.156 e. The van der Waals surface area contributed by atoms with E-state index >= 15 is 0 Å². The van der Waals surface area contributed by atoms with Gasteiger partial charge in [0.25, 0.3) is 0 Å². The van der Waals surface area contributed by atoms with Crippen LogP contribution in [-0.4, -0.2) is 18.3 Å². The number of nitrogens with zero attached hydrogens (tertiary/aromatic N) is 1. The molecule has 0 saturated carbocycles. The Morgan fingerprint density at radius 2 is 1.78 bits per heavy atom. The molecule has 1 unspecified atom stereocenters. The number of benzene rings is 1. The van der Waals surface area contributed by atoms with Crippen molar-refractivity contribution in [3.8, 4) is 0 Å². The average molecular weight is 335 g/mol. The first kappa shape index (κ1) is 20.1. The third-order valence-electron chi connectivity index (χ3n) is 4.11. The number of rotatable bonds is 10. The molecule has 0 aliphatic carbocycles. The summed E-state index contributed by atoms with van der Waals surface area (Å²) in [4.78, 5) is 4.73. The maximum absolute atomic E-state index is 4.73. The Kier molecular flexibility index (Phi) is 10.9. The number of amidine groups is 1. The second-order valence-electron chi connectivity index (χ2n) is 6.16. The van der Waals surface area contributed by atoms with Crippen molar-refractivity contribution in [1.29, 1.82) is 0 Å². The van der Waals surface area contributed by atoms with Crippen molar-refractivity contribution in [2.24, 2.45) is 4.99 Å². The van der Waals surface area contributed by atoms with Crippen molar-refractivity contribution in [2.45, 2.75) is 71.5 Å². The fraction of sp³-hybridized carbons (Fsp3) is 0.650. The molecule has 1 aromatic rings. The van der Waals surface area contributed by atoms with E-state index in [4.69, 9.17) is 4.99 Å². The summed E-state index contributed by atoms with van der Waals surface area (Å²) in [6.45, 7) is 10.9. The fourth-order valence-corrected chi connectivity index (χ4v) is 3.08. The minimum absolute atomic E-state index is 0.651. The molecular weight excluding hydrogens is 300 g/mol. The van der Waals surface area contributed by atoms with Crippen LogP contribution in [0.15, 0.2) is 29.3 Å². The van der Waals surface area contributed by atoms with E-state index in [-0.39, 0.29) is 0 Å². The highest BCUT2D eigenvalue weighted by atomic mass is 32.2. The van der Waals surface area contributed by atoms with Gasteiger partial charge in [-0.25, -0.2) is 0 Å². The van der Waals surface area contributed by atoms with Crippen molar-refractivity contribution in [3.05, 3.63) is 35.4 Å². The summed E-state index contributed by atoms with van der Waals surface area (Å²) < 4.78 is 0. The second-order valence-corrected chi connectivity index (χ2v) is 7.12. The normalized spacial score (nSPS) is 13.1. The van der Waals surface area contributed by atoms with Gasteiger partial charge in [0.1, 0.15) is 0 Å². The van der Waals surface area contributed by atoms with Crippen molar-refractivity contribution in [3.63, 3.8) is 0 Å². The zero-order chi connectivity index (χ0) is 16.9. The molecule has 0 aliphatic heterocycles. The fourth-order valence-electron chi connectivity index (χ4n) is 2.19. The van der Waals surface area contributed by atoms with E-state index in [1.807, 2.05) is 11.8 Å². The van der Waals surface area contributed by atoms with Gasteiger partial charge in [-0.05, 0) is 36.3 Å². The van der Waals surface area contributed by atoms with Crippen LogP contribution in [0, 0.1) is 0 Å². The summed E-state index contributed by atoms with van der Waals surface area (Å²) in [5.41, 5.74) is 2.82. The van der Waals surface area contributed by atoms with Crippen molar-refractivity contribution < 1.29 is 0 Å². The maximum atomic E-state index is 4.73. The van der Waals surface area contributed by atoms with Gasteiger partial charge in [0.15, 0.2) is 5.17 Å². The van der Waals surface area contributed by atoms with Gasteiger partial charge in [-0.15, -0.1) is 0 Å². The largest absolute Gasteiger partial charge is 0.365 e. The summed E-state index contributed by atoms with van der Waals surface area (Å²) in [6, 6.07) is 9.10. The van der Waals surface area contributed by atoms with Crippen molar-refractivity contribution >= 4 is 16.9 Å². The van der Waals surface area contributed by atoms with Gasteiger partial charge in [-0.2, -0.15) is 0 Å². The standard InChI is InChI=1S/C20H34N2S/c1-5-8-14-21-20(22-15-9-6-2)23-16-18-10-12-19(13-11-18)17(4)7-3/h10-13,17H,5-9,14-16H2,1-4H3,(H,21,22). The average Bonchev–Trinajstić information content (AvgIpc) is 2.59. The smallest absolute Gasteiger partial charge is 0.156 e. The van der Waals surface area contributed by atoms with Gasteiger partial charge in [-0.3, -0.25) is 4.99 Å². The van der Waals surface area contributed by atoms with Gasteiger partial charge >= 0.3 is 0 Å². The molecule has 0 heterocycles. The predicted molar refractivity (Wildman–Crippen MR) is 107 cm³/mol. The lowest BCUT2D eigenvalue weighted by molar-refractivity contribution is 0.733. The molecule has 130 valence electrons. The highest BCUT2D eigenvalue weighted by Crippen LogP contribution is 2.21. The minimum atomic E-state index is 0.651. The Hall–Kier alpha value is -0.960. The molecule has 1 N–H and O–H groups in total. The highest BCUT2D eigenvalue weighted by Gasteiger charge is 2.04. The van der Waals surface area contributed by atoms with Crippen LogP contribution in [0.3, 0.4) is 0 Å². The van der Waals surface area contributed by atoms with Crippen molar-refractivity contribution in [2.75, 3.05) is 13.1 Å². The molecule has 0 amide bonds. The molecule has 0 spiro atoms. The zero-order valence-corrected chi connectivity index (χ0v) is 16.2. The summed E-state index contributed by atoms with van der Waals surface area (Å²) in [7, 11) is 0. The zero-order valence-electron chi connectivity index (χ0n) is 15.4. The van der Waals surface area contributed by atoms with E-state index in [0.29, 0.717) is 5.92 Å². The third kappa shape index (κ3) is 8.45. The summed E-state index contributed by atoms with van der Waals surface area (Å²) in [6.07, 6.45) is 5.99. The monoisotopic (exact) mass is 334 g/mol. The Labute approximate surface area is 147 Å². The number of thioether (sulfide) groups is 1. The molecule has 0 aliphatic rings. The van der Waals surface area contributed by atoms with E-state index in [1.165, 1.54) is 43.2 Å². The first-order chi connectivity index (χ1) is 11.2. The Morgan fingerprint density at radius 3 is 2.39 bits per heavy atom. The third-order valence-corrected chi connectivity index (χ3v) is 5.13. The number of aliphatic imine (C=N–C) groups is 1. The Morgan fingerprint density at radius 1 is 1.09 bits per heavy atom. The molecule has 0 bridgehead atoms. The van der Waals surface area contributed by atoms with E-state index < -0.39 is 0 Å². The van der Waals surface area contributed by atoms with Gasteiger partial charge in [0.05, 0.1) is 0 Å². The molecule has 23 heavy (non-hydrogen) atoms. The highest BCUT2D eigenvalue weighted by molar-refractivity contribution is 8.13. The topological polar surface area (TPSA) is 24.4 Å². The second kappa shape index (κ2) is 12.5. The molecule has 0 aromatic heterocycles. The first-order valence-corrected chi connectivity index (χ1v) is 10.2. The quantitative estimate of drug-likeness (QED) is 0.323. The van der Waals surface area contributed by atoms with Crippen LogP contribution in [-0.2, 0) is 5.75 Å². The lowest BCUT2D eigenvalue weighted by Crippen LogP contribution is -2.22. The van der Waals surface area contributed by atoms with Crippen LogP contribution in [0.1, 0.15) is 76.8 Å². The molecule has 2 nitrogen and oxygen atoms in total. The Balaban J connectivity index is 2.53. The SMILES string of the molecule is CCCCN=C(NCCCC)SCc1ccc(C(C)CC)cc1. The molecular formula is C20H34N2S. The molecule has 0 fully saturated rings. The summed E-state index contributed by atoms with van der Waals surface area (Å²) in [5, 5.41) is 4.61. The van der Waals surface area contributed by atoms with Crippen LogP contribution in [0.2, 0.25) is 0 Å². The molecule has 1 aromatic carbocycles. The lowest BCUT2D eigenvalue weighted by atomic mass is 9.98. The van der Waals surface area contributed by atoms with Crippen molar-refractivity contribution in [1.82, 2.24) is 5.32 Å². The van der Waals surface area contributed by atoms with Gasteiger partial charge in [-0.1, -0.05) is 76.6 Å². The van der Waals surface area contributed by atoms with Crippen LogP contribution in [0.4, 0.5) is 0 Å². The van der Waals surface area contributed by atoms with Crippen LogP contribution in [0.25, 0.3) is 0 Å².